The predicted octanol–water partition coefficient (Wildman–Crippen LogP) is 4.03. The quantitative estimate of drug-likeness (QED) is 0.238. The number of benzene rings is 1. The minimum atomic E-state index is -3.40. The van der Waals surface area contributed by atoms with E-state index < -0.39 is 24.2 Å². The van der Waals surface area contributed by atoms with Gasteiger partial charge in [-0.1, -0.05) is 29.8 Å². The van der Waals surface area contributed by atoms with Gasteiger partial charge in [-0.05, 0) is 33.3 Å². The average Bonchev–Trinajstić information content (AvgIpc) is 2.54. The molecule has 142 valence electrons. The van der Waals surface area contributed by atoms with Crippen molar-refractivity contribution in [3.8, 4) is 0 Å². The third-order valence-corrected chi connectivity index (χ3v) is 6.27. The smallest absolute Gasteiger partial charge is 0.258 e. The van der Waals surface area contributed by atoms with Gasteiger partial charge in [-0.3, -0.25) is 14.7 Å². The number of nitrogens with zero attached hydrogens (tertiary/aromatic N) is 1. The molecule has 0 aromatic heterocycles. The van der Waals surface area contributed by atoms with Crippen LogP contribution in [0.5, 0.6) is 0 Å². The first-order valence-electron chi connectivity index (χ1n) is 8.51. The predicted molar refractivity (Wildman–Crippen MR) is 96.9 cm³/mol. The Kier molecular flexibility index (Phi) is 9.28. The van der Waals surface area contributed by atoms with E-state index in [2.05, 4.69) is 0 Å². The van der Waals surface area contributed by atoms with E-state index in [1.54, 1.807) is 20.8 Å². The molecule has 0 N–H and O–H groups in total. The number of hydrogen-bond acceptors (Lipinski definition) is 6. The van der Waals surface area contributed by atoms with Gasteiger partial charge in [0.05, 0.1) is 12.5 Å². The van der Waals surface area contributed by atoms with Crippen molar-refractivity contribution in [3.63, 3.8) is 0 Å². The van der Waals surface area contributed by atoms with Crippen LogP contribution in [0.15, 0.2) is 24.3 Å². The van der Waals surface area contributed by atoms with Crippen molar-refractivity contribution < 1.29 is 23.5 Å². The fraction of sp³-hybridized carbons (Fsp3) is 0.647. The van der Waals surface area contributed by atoms with E-state index in [9.17, 15) is 14.7 Å². The summed E-state index contributed by atoms with van der Waals surface area (Å²) in [6, 6.07) is 6.42. The Morgan fingerprint density at radius 3 is 2.08 bits per heavy atom. The first-order chi connectivity index (χ1) is 11.9. The highest BCUT2D eigenvalue weighted by Crippen LogP contribution is 2.55. The monoisotopic (exact) mass is 373 g/mol. The van der Waals surface area contributed by atoms with Gasteiger partial charge in [0.1, 0.15) is 0 Å². The van der Waals surface area contributed by atoms with Gasteiger partial charge in [0.25, 0.3) is 7.37 Å². The van der Waals surface area contributed by atoms with Crippen LogP contribution in [-0.2, 0) is 18.6 Å². The third-order valence-electron chi connectivity index (χ3n) is 3.68. The Hall–Kier alpha value is -1.27. The molecule has 0 saturated heterocycles. The van der Waals surface area contributed by atoms with Crippen molar-refractivity contribution in [1.29, 1.82) is 0 Å². The van der Waals surface area contributed by atoms with Crippen molar-refractivity contribution >= 4 is 7.37 Å². The molecule has 0 fully saturated rings. The van der Waals surface area contributed by atoms with Crippen molar-refractivity contribution in [3.05, 3.63) is 45.5 Å². The zero-order valence-corrected chi connectivity index (χ0v) is 16.2. The molecule has 0 saturated carbocycles. The lowest BCUT2D eigenvalue weighted by atomic mass is 10.0. The molecule has 0 heterocycles. The second-order valence-electron chi connectivity index (χ2n) is 5.67. The lowest BCUT2D eigenvalue weighted by Crippen LogP contribution is -2.25. The standard InChI is InChI=1S/C17H28NO6P/c1-5-22-17(23-6-2)25(21,24-7-3)13-16(12-18(19)20)15-10-8-14(4)9-11-15/h8-11,16-17H,5-7,12-13H2,1-4H3. The summed E-state index contributed by atoms with van der Waals surface area (Å²) in [6.45, 7) is 7.73. The Labute approximate surface area is 149 Å². The summed E-state index contributed by atoms with van der Waals surface area (Å²) in [7, 11) is -3.40. The molecule has 1 aromatic carbocycles. The number of hydrogen-bond donors (Lipinski definition) is 0. The lowest BCUT2D eigenvalue weighted by molar-refractivity contribution is -0.482. The van der Waals surface area contributed by atoms with E-state index in [4.69, 9.17) is 14.0 Å². The SMILES string of the molecule is CCOC(OCC)P(=O)(CC(C[N+](=O)[O-])c1ccc(C)cc1)OCC. The maximum atomic E-state index is 13.4. The van der Waals surface area contributed by atoms with Crippen LogP contribution in [0.4, 0.5) is 0 Å². The number of ether oxygens (including phenoxy) is 2. The summed E-state index contributed by atoms with van der Waals surface area (Å²) in [4.78, 5) is 10.7. The van der Waals surface area contributed by atoms with Gasteiger partial charge in [0, 0.05) is 24.3 Å². The molecule has 0 spiro atoms. The molecule has 2 atom stereocenters. The summed E-state index contributed by atoms with van der Waals surface area (Å²) in [5.74, 6) is -0.545. The second kappa shape index (κ2) is 10.7. The van der Waals surface area contributed by atoms with Crippen LogP contribution >= 0.6 is 7.37 Å². The molecule has 8 heteroatoms. The van der Waals surface area contributed by atoms with E-state index >= 15 is 0 Å². The molecule has 0 bridgehead atoms. The molecular formula is C17H28NO6P. The molecule has 25 heavy (non-hydrogen) atoms. The van der Waals surface area contributed by atoms with Gasteiger partial charge in [0.15, 0.2) is 0 Å². The minimum absolute atomic E-state index is 0.00442. The summed E-state index contributed by atoms with van der Waals surface area (Å²) >= 11 is 0. The van der Waals surface area contributed by atoms with Crippen molar-refractivity contribution in [2.24, 2.45) is 0 Å². The Morgan fingerprint density at radius 2 is 1.64 bits per heavy atom. The molecule has 0 aliphatic carbocycles. The van der Waals surface area contributed by atoms with Crippen molar-refractivity contribution in [1.82, 2.24) is 0 Å². The van der Waals surface area contributed by atoms with Gasteiger partial charge < -0.3 is 14.0 Å². The van der Waals surface area contributed by atoms with Crippen LogP contribution in [-0.4, -0.2) is 43.5 Å². The van der Waals surface area contributed by atoms with Crippen molar-refractivity contribution in [2.45, 2.75) is 39.6 Å². The summed E-state index contributed by atoms with van der Waals surface area (Å²) in [5.41, 5.74) is 1.81. The van der Waals surface area contributed by atoms with E-state index in [0.717, 1.165) is 11.1 Å². The maximum Gasteiger partial charge on any atom is 0.258 e. The largest absolute Gasteiger partial charge is 0.345 e. The Morgan fingerprint density at radius 1 is 1.08 bits per heavy atom. The Balaban J connectivity index is 3.15. The van der Waals surface area contributed by atoms with Gasteiger partial charge in [-0.25, -0.2) is 0 Å². The highest BCUT2D eigenvalue weighted by molar-refractivity contribution is 7.59. The third kappa shape index (κ3) is 6.86. The molecule has 7 nitrogen and oxygen atoms in total. The van der Waals surface area contributed by atoms with Crippen LogP contribution < -0.4 is 0 Å². The molecule has 0 aliphatic heterocycles. The van der Waals surface area contributed by atoms with Gasteiger partial charge in [-0.2, -0.15) is 0 Å². The first-order valence-corrected chi connectivity index (χ1v) is 10.4. The fourth-order valence-electron chi connectivity index (χ4n) is 2.57. The zero-order valence-electron chi connectivity index (χ0n) is 15.3. The molecule has 0 amide bonds. The van der Waals surface area contributed by atoms with Crippen LogP contribution in [0.1, 0.15) is 37.8 Å². The van der Waals surface area contributed by atoms with Crippen LogP contribution in [0.25, 0.3) is 0 Å². The fourth-order valence-corrected chi connectivity index (χ4v) is 5.10. The minimum Gasteiger partial charge on any atom is -0.345 e. The van der Waals surface area contributed by atoms with Crippen LogP contribution in [0, 0.1) is 17.0 Å². The van der Waals surface area contributed by atoms with Gasteiger partial charge >= 0.3 is 0 Å². The molecule has 0 radical (unpaired) electrons. The average molecular weight is 373 g/mol. The van der Waals surface area contributed by atoms with Gasteiger partial charge in [-0.15, -0.1) is 0 Å². The van der Waals surface area contributed by atoms with Gasteiger partial charge in [0.2, 0.25) is 12.6 Å². The van der Waals surface area contributed by atoms with E-state index in [-0.39, 0.29) is 19.3 Å². The maximum absolute atomic E-state index is 13.4. The highest BCUT2D eigenvalue weighted by Gasteiger charge is 2.40. The summed E-state index contributed by atoms with van der Waals surface area (Å²) in [6.07, 6.45) is -0.00442. The molecule has 0 aliphatic rings. The second-order valence-corrected chi connectivity index (χ2v) is 8.16. The van der Waals surface area contributed by atoms with E-state index in [1.165, 1.54) is 0 Å². The summed E-state index contributed by atoms with van der Waals surface area (Å²) < 4.78 is 29.9. The van der Waals surface area contributed by atoms with Crippen LogP contribution in [0.3, 0.4) is 0 Å². The molecule has 2 unspecified atom stereocenters. The topological polar surface area (TPSA) is 87.9 Å². The number of rotatable bonds is 12. The van der Waals surface area contributed by atoms with E-state index in [0.29, 0.717) is 13.2 Å². The first kappa shape index (κ1) is 21.8. The number of nitro groups is 1. The van der Waals surface area contributed by atoms with Crippen LogP contribution in [0.2, 0.25) is 0 Å². The highest BCUT2D eigenvalue weighted by atomic mass is 31.2. The lowest BCUT2D eigenvalue weighted by Gasteiger charge is -2.28. The zero-order chi connectivity index (χ0) is 18.9. The van der Waals surface area contributed by atoms with Crippen molar-refractivity contribution in [2.75, 3.05) is 32.5 Å². The number of aryl methyl sites for hydroxylation is 1. The molecule has 1 rings (SSSR count). The van der Waals surface area contributed by atoms with E-state index in [1.807, 2.05) is 31.2 Å². The Bertz CT molecular complexity index is 571. The normalized spacial score (nSPS) is 15.1. The molecular weight excluding hydrogens is 345 g/mol. The summed E-state index contributed by atoms with van der Waals surface area (Å²) in [5, 5.41) is 11.1. The molecule has 1 aromatic rings.